The molecule has 7 heteroatoms. The van der Waals surface area contributed by atoms with E-state index in [0.29, 0.717) is 43.7 Å². The fraction of sp³-hybridized carbons (Fsp3) is 0.667. The maximum atomic E-state index is 13.0. The summed E-state index contributed by atoms with van der Waals surface area (Å²) in [5, 5.41) is 3.16. The highest BCUT2D eigenvalue weighted by atomic mass is 32.2. The Labute approximate surface area is 169 Å². The van der Waals surface area contributed by atoms with Gasteiger partial charge in [0, 0.05) is 32.2 Å². The SMILES string of the molecule is Cc1ccc(C)c(S(=O)(=O)N2CCN(CC(=O)NC3CCC(C)CC3)CC2)c1. The zero-order valence-corrected chi connectivity index (χ0v) is 18.1. The first-order valence-electron chi connectivity index (χ1n) is 10.3. The van der Waals surface area contributed by atoms with Crippen molar-refractivity contribution in [2.45, 2.75) is 57.4 Å². The molecule has 1 aromatic rings. The predicted molar refractivity (Wildman–Crippen MR) is 111 cm³/mol. The third-order valence-electron chi connectivity index (χ3n) is 6.04. The first kappa shape index (κ1) is 21.3. The predicted octanol–water partition coefficient (Wildman–Crippen LogP) is 2.30. The second-order valence-electron chi connectivity index (χ2n) is 8.47. The van der Waals surface area contributed by atoms with Gasteiger partial charge in [0.2, 0.25) is 15.9 Å². The molecule has 0 unspecified atom stereocenters. The van der Waals surface area contributed by atoms with Gasteiger partial charge in [-0.2, -0.15) is 4.31 Å². The molecule has 2 fully saturated rings. The molecule has 0 atom stereocenters. The van der Waals surface area contributed by atoms with Crippen LogP contribution in [0.3, 0.4) is 0 Å². The van der Waals surface area contributed by atoms with Gasteiger partial charge in [-0.1, -0.05) is 19.1 Å². The van der Waals surface area contributed by atoms with Crippen molar-refractivity contribution in [2.75, 3.05) is 32.7 Å². The molecule has 0 bridgehead atoms. The molecular formula is C21H33N3O3S. The molecule has 1 heterocycles. The Hall–Kier alpha value is -1.44. The lowest BCUT2D eigenvalue weighted by molar-refractivity contribution is -0.123. The van der Waals surface area contributed by atoms with E-state index in [1.165, 1.54) is 12.8 Å². The summed E-state index contributed by atoms with van der Waals surface area (Å²) in [4.78, 5) is 14.8. The average molecular weight is 408 g/mol. The molecule has 3 rings (SSSR count). The summed E-state index contributed by atoms with van der Waals surface area (Å²) in [5.41, 5.74) is 1.71. The Bertz CT molecular complexity index is 793. The lowest BCUT2D eigenvalue weighted by Crippen LogP contribution is -2.52. The average Bonchev–Trinajstić information content (AvgIpc) is 2.66. The molecule has 0 radical (unpaired) electrons. The van der Waals surface area contributed by atoms with Crippen LogP contribution < -0.4 is 5.32 Å². The number of carbonyl (C=O) groups is 1. The Balaban J connectivity index is 1.51. The number of benzene rings is 1. The molecule has 1 aromatic carbocycles. The van der Waals surface area contributed by atoms with E-state index in [0.717, 1.165) is 29.9 Å². The summed E-state index contributed by atoms with van der Waals surface area (Å²) in [7, 11) is -3.49. The van der Waals surface area contributed by atoms with E-state index in [1.807, 2.05) is 26.0 Å². The number of hydrogen-bond donors (Lipinski definition) is 1. The van der Waals surface area contributed by atoms with E-state index < -0.39 is 10.0 Å². The van der Waals surface area contributed by atoms with Gasteiger partial charge in [-0.25, -0.2) is 8.42 Å². The molecule has 6 nitrogen and oxygen atoms in total. The third-order valence-corrected chi connectivity index (χ3v) is 8.08. The standard InChI is InChI=1S/C21H33N3O3S/c1-16-5-8-19(9-6-16)22-21(25)15-23-10-12-24(13-11-23)28(26,27)20-14-17(2)4-7-18(20)3/h4,7,14,16,19H,5-6,8-13,15H2,1-3H3,(H,22,25). The summed E-state index contributed by atoms with van der Waals surface area (Å²) in [6, 6.07) is 5.83. The van der Waals surface area contributed by atoms with Gasteiger partial charge >= 0.3 is 0 Å². The lowest BCUT2D eigenvalue weighted by Gasteiger charge is -2.34. The van der Waals surface area contributed by atoms with Gasteiger partial charge in [0.25, 0.3) is 0 Å². The van der Waals surface area contributed by atoms with E-state index in [1.54, 1.807) is 10.4 Å². The molecule has 1 saturated heterocycles. The van der Waals surface area contributed by atoms with Crippen LogP contribution in [0.25, 0.3) is 0 Å². The van der Waals surface area contributed by atoms with Crippen LogP contribution in [0.2, 0.25) is 0 Å². The molecule has 156 valence electrons. The van der Waals surface area contributed by atoms with Gasteiger partial charge in [-0.3, -0.25) is 9.69 Å². The van der Waals surface area contributed by atoms with Crippen molar-refractivity contribution >= 4 is 15.9 Å². The highest BCUT2D eigenvalue weighted by Gasteiger charge is 2.30. The molecular weight excluding hydrogens is 374 g/mol. The molecule has 1 saturated carbocycles. The summed E-state index contributed by atoms with van der Waals surface area (Å²) < 4.78 is 27.6. The number of nitrogens with zero attached hydrogens (tertiary/aromatic N) is 2. The van der Waals surface area contributed by atoms with Crippen molar-refractivity contribution < 1.29 is 13.2 Å². The monoisotopic (exact) mass is 407 g/mol. The maximum absolute atomic E-state index is 13.0. The fourth-order valence-electron chi connectivity index (χ4n) is 4.13. The zero-order chi connectivity index (χ0) is 20.3. The Morgan fingerprint density at radius 3 is 2.36 bits per heavy atom. The Kier molecular flexibility index (Phi) is 6.78. The first-order valence-corrected chi connectivity index (χ1v) is 11.8. The number of amides is 1. The van der Waals surface area contributed by atoms with Crippen LogP contribution in [-0.2, 0) is 14.8 Å². The van der Waals surface area contributed by atoms with Crippen molar-refractivity contribution in [1.82, 2.24) is 14.5 Å². The normalized spacial score (nSPS) is 24.8. The van der Waals surface area contributed by atoms with Gasteiger partial charge in [-0.05, 0) is 62.6 Å². The number of rotatable bonds is 5. The van der Waals surface area contributed by atoms with Crippen LogP contribution in [-0.4, -0.2) is 62.3 Å². The quantitative estimate of drug-likeness (QED) is 0.813. The van der Waals surface area contributed by atoms with Crippen LogP contribution in [0, 0.1) is 19.8 Å². The van der Waals surface area contributed by atoms with Crippen molar-refractivity contribution in [2.24, 2.45) is 5.92 Å². The largest absolute Gasteiger partial charge is 0.352 e. The molecule has 2 aliphatic rings. The van der Waals surface area contributed by atoms with Gasteiger partial charge in [-0.15, -0.1) is 0 Å². The summed E-state index contributed by atoms with van der Waals surface area (Å²) in [6.07, 6.45) is 4.49. The van der Waals surface area contributed by atoms with Crippen molar-refractivity contribution in [3.63, 3.8) is 0 Å². The van der Waals surface area contributed by atoms with E-state index in [-0.39, 0.29) is 5.91 Å². The maximum Gasteiger partial charge on any atom is 0.243 e. The van der Waals surface area contributed by atoms with E-state index >= 15 is 0 Å². The van der Waals surface area contributed by atoms with Crippen LogP contribution in [0.4, 0.5) is 0 Å². The first-order chi connectivity index (χ1) is 13.3. The van der Waals surface area contributed by atoms with Crippen LogP contribution in [0.5, 0.6) is 0 Å². The minimum atomic E-state index is -3.49. The van der Waals surface area contributed by atoms with E-state index in [4.69, 9.17) is 0 Å². The third kappa shape index (κ3) is 5.13. The highest BCUT2D eigenvalue weighted by Crippen LogP contribution is 2.24. The minimum Gasteiger partial charge on any atom is -0.352 e. The Morgan fingerprint density at radius 2 is 1.71 bits per heavy atom. The highest BCUT2D eigenvalue weighted by molar-refractivity contribution is 7.89. The number of aryl methyl sites for hydroxylation is 2. The van der Waals surface area contributed by atoms with Crippen LogP contribution in [0.1, 0.15) is 43.7 Å². The zero-order valence-electron chi connectivity index (χ0n) is 17.3. The minimum absolute atomic E-state index is 0.0605. The second kappa shape index (κ2) is 8.93. The molecule has 1 N–H and O–H groups in total. The Morgan fingerprint density at radius 1 is 1.07 bits per heavy atom. The smallest absolute Gasteiger partial charge is 0.243 e. The number of carbonyl (C=O) groups excluding carboxylic acids is 1. The fourth-order valence-corrected chi connectivity index (χ4v) is 5.87. The summed E-state index contributed by atoms with van der Waals surface area (Å²) in [6.45, 7) is 8.36. The van der Waals surface area contributed by atoms with Crippen molar-refractivity contribution in [1.29, 1.82) is 0 Å². The number of nitrogens with one attached hydrogen (secondary N) is 1. The van der Waals surface area contributed by atoms with Crippen molar-refractivity contribution in [3.05, 3.63) is 29.3 Å². The molecule has 1 amide bonds. The lowest BCUT2D eigenvalue weighted by atomic mass is 9.87. The van der Waals surface area contributed by atoms with Gasteiger partial charge in [0.1, 0.15) is 0 Å². The molecule has 1 aliphatic carbocycles. The van der Waals surface area contributed by atoms with Crippen LogP contribution >= 0.6 is 0 Å². The van der Waals surface area contributed by atoms with Crippen LogP contribution in [0.15, 0.2) is 23.1 Å². The summed E-state index contributed by atoms with van der Waals surface area (Å²) >= 11 is 0. The van der Waals surface area contributed by atoms with Gasteiger partial charge in [0.05, 0.1) is 11.4 Å². The topological polar surface area (TPSA) is 69.7 Å². The number of hydrogen-bond acceptors (Lipinski definition) is 4. The number of piperazine rings is 1. The molecule has 28 heavy (non-hydrogen) atoms. The van der Waals surface area contributed by atoms with E-state index in [9.17, 15) is 13.2 Å². The van der Waals surface area contributed by atoms with E-state index in [2.05, 4.69) is 17.1 Å². The second-order valence-corrected chi connectivity index (χ2v) is 10.4. The molecule has 0 spiro atoms. The van der Waals surface area contributed by atoms with Gasteiger partial charge in [0.15, 0.2) is 0 Å². The van der Waals surface area contributed by atoms with Crippen molar-refractivity contribution in [3.8, 4) is 0 Å². The van der Waals surface area contributed by atoms with Gasteiger partial charge < -0.3 is 5.32 Å². The summed E-state index contributed by atoms with van der Waals surface area (Å²) in [5.74, 6) is 0.825. The molecule has 1 aliphatic heterocycles. The number of sulfonamides is 1. The molecule has 0 aromatic heterocycles.